The van der Waals surface area contributed by atoms with Crippen molar-refractivity contribution < 1.29 is 14.3 Å². The van der Waals surface area contributed by atoms with Gasteiger partial charge in [-0.15, -0.1) is 0 Å². The number of carbonyl (C=O) groups excluding carboxylic acids is 1. The Labute approximate surface area is 218 Å². The van der Waals surface area contributed by atoms with Crippen LogP contribution >= 0.6 is 11.8 Å². The number of benzene rings is 2. The van der Waals surface area contributed by atoms with Crippen LogP contribution in [0.4, 0.5) is 5.69 Å². The van der Waals surface area contributed by atoms with Crippen LogP contribution in [0.5, 0.6) is 11.5 Å². The molecule has 7 nitrogen and oxygen atoms in total. The number of rotatable bonds is 6. The highest BCUT2D eigenvalue weighted by Crippen LogP contribution is 2.36. The molecule has 0 saturated carbocycles. The van der Waals surface area contributed by atoms with Gasteiger partial charge in [-0.1, -0.05) is 56.8 Å². The van der Waals surface area contributed by atoms with E-state index in [1.54, 1.807) is 32.4 Å². The number of likely N-dealkylation sites (tertiary alicyclic amines) is 1. The highest BCUT2D eigenvalue weighted by molar-refractivity contribution is 8.16. The second-order valence-corrected chi connectivity index (χ2v) is 11.4. The van der Waals surface area contributed by atoms with Crippen LogP contribution in [0.25, 0.3) is 0 Å². The van der Waals surface area contributed by atoms with Crippen LogP contribution in [0, 0.1) is 0 Å². The first kappa shape index (κ1) is 26.2. The van der Waals surface area contributed by atoms with Crippen LogP contribution < -0.4 is 14.8 Å². The van der Waals surface area contributed by atoms with Crippen molar-refractivity contribution >= 4 is 34.1 Å². The first-order valence-corrected chi connectivity index (χ1v) is 13.3. The highest BCUT2D eigenvalue weighted by Gasteiger charge is 2.39. The number of aliphatic imine (C=N–C) groups is 2. The quantitative estimate of drug-likeness (QED) is 0.595. The summed E-state index contributed by atoms with van der Waals surface area (Å²) in [4.78, 5) is 25.5. The van der Waals surface area contributed by atoms with Crippen molar-refractivity contribution in [1.29, 1.82) is 0 Å². The average Bonchev–Trinajstić information content (AvgIpc) is 3.22. The molecule has 0 bridgehead atoms. The maximum absolute atomic E-state index is 12.9. The molecule has 2 aromatic rings. The van der Waals surface area contributed by atoms with Crippen molar-refractivity contribution in [3.05, 3.63) is 53.6 Å². The first-order chi connectivity index (χ1) is 17.1. The number of anilines is 1. The van der Waals surface area contributed by atoms with Crippen LogP contribution in [0.3, 0.4) is 0 Å². The van der Waals surface area contributed by atoms with E-state index >= 15 is 0 Å². The van der Waals surface area contributed by atoms with E-state index < -0.39 is 5.66 Å². The number of piperidine rings is 1. The molecule has 1 saturated heterocycles. The van der Waals surface area contributed by atoms with Crippen LogP contribution in [-0.4, -0.2) is 67.3 Å². The first-order valence-electron chi connectivity index (χ1n) is 12.3. The standard InChI is InChI=1S/C28H36N4O3S/c1-27(2,3)20-9-7-19(8-10-20)25-26(31-28(30-25)13-15-32(4)16-14-28)36-18-24(33)29-22-17-21(34-5)11-12-23(22)35-6/h7-12,17H,13-16,18H2,1-6H3,(H,29,33). The monoisotopic (exact) mass is 508 g/mol. The lowest BCUT2D eigenvalue weighted by atomic mass is 9.86. The molecule has 192 valence electrons. The van der Waals surface area contributed by atoms with Crippen molar-refractivity contribution in [2.75, 3.05) is 45.4 Å². The summed E-state index contributed by atoms with van der Waals surface area (Å²) in [7, 11) is 5.30. The maximum atomic E-state index is 12.9. The summed E-state index contributed by atoms with van der Waals surface area (Å²) < 4.78 is 10.7. The second-order valence-electron chi connectivity index (χ2n) is 10.4. The number of ether oxygens (including phenoxy) is 2. The second kappa shape index (κ2) is 10.6. The van der Waals surface area contributed by atoms with Crippen LogP contribution in [0.15, 0.2) is 52.4 Å². The molecule has 8 heteroatoms. The van der Waals surface area contributed by atoms with Crippen LogP contribution in [0.2, 0.25) is 0 Å². The zero-order chi connectivity index (χ0) is 25.9. The van der Waals surface area contributed by atoms with Gasteiger partial charge >= 0.3 is 0 Å². The maximum Gasteiger partial charge on any atom is 0.234 e. The molecule has 0 radical (unpaired) electrons. The molecule has 0 aromatic heterocycles. The number of thioether (sulfide) groups is 1. The molecule has 1 amide bonds. The van der Waals surface area contributed by atoms with Crippen LogP contribution in [0.1, 0.15) is 44.7 Å². The largest absolute Gasteiger partial charge is 0.497 e. The summed E-state index contributed by atoms with van der Waals surface area (Å²) in [6.07, 6.45) is 1.76. The minimum Gasteiger partial charge on any atom is -0.497 e. The summed E-state index contributed by atoms with van der Waals surface area (Å²) in [5.74, 6) is 1.31. The number of nitrogens with zero attached hydrogens (tertiary/aromatic N) is 3. The van der Waals surface area contributed by atoms with Gasteiger partial charge in [-0.25, -0.2) is 4.99 Å². The molecule has 2 aliphatic heterocycles. The predicted molar refractivity (Wildman–Crippen MR) is 149 cm³/mol. The molecule has 4 rings (SSSR count). The Bertz CT molecular complexity index is 1160. The third kappa shape index (κ3) is 5.93. The minimum absolute atomic E-state index is 0.0795. The highest BCUT2D eigenvalue weighted by atomic mass is 32.2. The normalized spacial score (nSPS) is 17.5. The molecule has 2 heterocycles. The Kier molecular flexibility index (Phi) is 7.76. The van der Waals surface area contributed by atoms with Gasteiger partial charge in [0.05, 0.1) is 31.4 Å². The summed E-state index contributed by atoms with van der Waals surface area (Å²) in [6.45, 7) is 8.54. The van der Waals surface area contributed by atoms with Gasteiger partial charge in [0.1, 0.15) is 16.5 Å². The number of hydrogen-bond donors (Lipinski definition) is 1. The van der Waals surface area contributed by atoms with Gasteiger partial charge in [-0.2, -0.15) is 0 Å². The van der Waals surface area contributed by atoms with Crippen molar-refractivity contribution in [3.63, 3.8) is 0 Å². The van der Waals surface area contributed by atoms with Gasteiger partial charge in [-0.05, 0) is 30.2 Å². The zero-order valence-electron chi connectivity index (χ0n) is 22.1. The Hall–Kier alpha value is -2.84. The lowest BCUT2D eigenvalue weighted by Gasteiger charge is -2.33. The van der Waals surface area contributed by atoms with E-state index in [4.69, 9.17) is 19.5 Å². The van der Waals surface area contributed by atoms with E-state index in [2.05, 4.69) is 62.3 Å². The van der Waals surface area contributed by atoms with Crippen molar-refractivity contribution in [2.45, 2.75) is 44.7 Å². The summed E-state index contributed by atoms with van der Waals surface area (Å²) in [6, 6.07) is 13.9. The Morgan fingerprint density at radius 2 is 1.75 bits per heavy atom. The van der Waals surface area contributed by atoms with Crippen molar-refractivity contribution in [3.8, 4) is 11.5 Å². The van der Waals surface area contributed by atoms with E-state index in [1.807, 2.05) is 0 Å². The number of hydrogen-bond acceptors (Lipinski definition) is 7. The number of nitrogens with one attached hydrogen (secondary N) is 1. The Morgan fingerprint density at radius 3 is 2.36 bits per heavy atom. The molecular formula is C28H36N4O3S. The molecule has 0 atom stereocenters. The molecule has 0 unspecified atom stereocenters. The molecular weight excluding hydrogens is 472 g/mol. The Morgan fingerprint density at radius 1 is 1.06 bits per heavy atom. The smallest absolute Gasteiger partial charge is 0.234 e. The van der Waals surface area contributed by atoms with E-state index in [1.165, 1.54) is 17.3 Å². The predicted octanol–water partition coefficient (Wildman–Crippen LogP) is 5.00. The number of carbonyl (C=O) groups is 1. The van der Waals surface area contributed by atoms with Crippen molar-refractivity contribution in [2.24, 2.45) is 9.98 Å². The fourth-order valence-corrected chi connectivity index (χ4v) is 5.25. The SMILES string of the molecule is COc1ccc(OC)c(NC(=O)CSC2=NC3(CCN(C)CC3)N=C2c2ccc(C(C)(C)C)cc2)c1. The van der Waals surface area contributed by atoms with Crippen LogP contribution in [-0.2, 0) is 10.2 Å². The van der Waals surface area contributed by atoms with Gasteiger partial charge in [-0.3, -0.25) is 9.79 Å². The molecule has 1 spiro atoms. The van der Waals surface area contributed by atoms with Gasteiger partial charge < -0.3 is 19.7 Å². The molecule has 2 aromatic carbocycles. The third-order valence-corrected chi connectivity index (χ3v) is 7.63. The molecule has 0 aliphatic carbocycles. The molecule has 1 N–H and O–H groups in total. The molecule has 36 heavy (non-hydrogen) atoms. The lowest BCUT2D eigenvalue weighted by molar-refractivity contribution is -0.113. The van der Waals surface area contributed by atoms with Gasteiger partial charge in [0.25, 0.3) is 0 Å². The fourth-order valence-electron chi connectivity index (χ4n) is 4.37. The molecule has 2 aliphatic rings. The lowest BCUT2D eigenvalue weighted by Crippen LogP contribution is -2.39. The number of methoxy groups -OCH3 is 2. The number of amides is 1. The summed E-state index contributed by atoms with van der Waals surface area (Å²) in [5.41, 5.74) is 3.43. The van der Waals surface area contributed by atoms with E-state index in [0.717, 1.165) is 42.3 Å². The third-order valence-electron chi connectivity index (χ3n) is 6.67. The average molecular weight is 509 g/mol. The van der Waals surface area contributed by atoms with Gasteiger partial charge in [0, 0.05) is 37.6 Å². The fraction of sp³-hybridized carbons (Fsp3) is 0.464. The van der Waals surface area contributed by atoms with Gasteiger partial charge in [0.2, 0.25) is 5.91 Å². The summed E-state index contributed by atoms with van der Waals surface area (Å²) >= 11 is 1.44. The molecule has 1 fully saturated rings. The topological polar surface area (TPSA) is 75.5 Å². The van der Waals surface area contributed by atoms with Gasteiger partial charge in [0.15, 0.2) is 5.66 Å². The van der Waals surface area contributed by atoms with Crippen molar-refractivity contribution in [1.82, 2.24) is 4.90 Å². The zero-order valence-corrected chi connectivity index (χ0v) is 22.9. The van der Waals surface area contributed by atoms with E-state index in [-0.39, 0.29) is 17.1 Å². The minimum atomic E-state index is -0.431. The van der Waals surface area contributed by atoms with E-state index in [0.29, 0.717) is 17.2 Å². The van der Waals surface area contributed by atoms with E-state index in [9.17, 15) is 4.79 Å². The summed E-state index contributed by atoms with van der Waals surface area (Å²) in [5, 5.41) is 3.78. The Balaban J connectivity index is 1.53.